The third-order valence-electron chi connectivity index (χ3n) is 7.86. The molecule has 2 aliphatic heterocycles. The van der Waals surface area contributed by atoms with E-state index in [4.69, 9.17) is 19.9 Å². The van der Waals surface area contributed by atoms with Crippen LogP contribution in [-0.2, 0) is 11.2 Å². The first-order valence-electron chi connectivity index (χ1n) is 14.4. The number of methoxy groups -OCH3 is 3. The summed E-state index contributed by atoms with van der Waals surface area (Å²) in [5.74, 6) is 2.72. The lowest BCUT2D eigenvalue weighted by Crippen LogP contribution is -2.51. The number of carbonyl (C=O) groups is 1. The maximum Gasteiger partial charge on any atom is 0.278 e. The van der Waals surface area contributed by atoms with Gasteiger partial charge in [0.05, 0.1) is 33.7 Å². The number of benzene rings is 2. The lowest BCUT2D eigenvalue weighted by Gasteiger charge is -2.37. The summed E-state index contributed by atoms with van der Waals surface area (Å²) in [5, 5.41) is 0. The number of anilines is 3. The van der Waals surface area contributed by atoms with Gasteiger partial charge in [0.25, 0.3) is 11.9 Å². The molecule has 0 saturated carbocycles. The normalized spacial score (nSPS) is 15.8. The summed E-state index contributed by atoms with van der Waals surface area (Å²) < 4.78 is 17.2. The summed E-state index contributed by atoms with van der Waals surface area (Å²) in [5.41, 5.74) is 9.72. The summed E-state index contributed by atoms with van der Waals surface area (Å²) in [4.78, 5) is 38.1. The molecule has 0 spiro atoms. The van der Waals surface area contributed by atoms with Crippen molar-refractivity contribution in [2.24, 2.45) is 4.99 Å². The minimum atomic E-state index is -0.209. The third-order valence-corrected chi connectivity index (χ3v) is 8.35. The molecule has 12 nitrogen and oxygen atoms in total. The van der Waals surface area contributed by atoms with Gasteiger partial charge >= 0.3 is 0 Å². The first-order valence-corrected chi connectivity index (χ1v) is 15.2. The van der Waals surface area contributed by atoms with E-state index >= 15 is 0 Å². The Hall–Kier alpha value is -4.75. The summed E-state index contributed by atoms with van der Waals surface area (Å²) in [7, 11) is 4.69. The summed E-state index contributed by atoms with van der Waals surface area (Å²) >= 11 is 3.54. The second-order valence-electron chi connectivity index (χ2n) is 10.6. The van der Waals surface area contributed by atoms with Crippen LogP contribution in [0.15, 0.2) is 70.4 Å². The Kier molecular flexibility index (Phi) is 8.80. The number of carbonyl (C=O) groups excluding carboxylic acids is 1. The molecule has 2 aromatic carbocycles. The Balaban J connectivity index is 1.21. The van der Waals surface area contributed by atoms with Crippen LogP contribution in [0.4, 0.5) is 23.3 Å². The first kappa shape index (κ1) is 30.3. The average Bonchev–Trinajstić information content (AvgIpc) is 3.31. The number of halogens is 1. The number of nitrogens with zero attached hydrogens (tertiary/aromatic N) is 7. The lowest BCUT2D eigenvalue weighted by molar-refractivity contribution is -0.112. The van der Waals surface area contributed by atoms with Gasteiger partial charge in [-0.3, -0.25) is 14.6 Å². The van der Waals surface area contributed by atoms with E-state index in [1.165, 1.54) is 0 Å². The van der Waals surface area contributed by atoms with Gasteiger partial charge in [-0.15, -0.1) is 0 Å². The number of nitrogen functional groups attached to an aromatic ring is 1. The van der Waals surface area contributed by atoms with Crippen LogP contribution in [0, 0.1) is 0 Å². The molecular weight excluding hydrogens is 640 g/mol. The van der Waals surface area contributed by atoms with Crippen molar-refractivity contribution in [1.29, 1.82) is 0 Å². The molecule has 13 heteroatoms. The number of fused-ring (bicyclic) bond motifs is 1. The van der Waals surface area contributed by atoms with Crippen LogP contribution >= 0.6 is 15.9 Å². The van der Waals surface area contributed by atoms with E-state index in [9.17, 15) is 4.79 Å². The molecule has 45 heavy (non-hydrogen) atoms. The van der Waals surface area contributed by atoms with Crippen molar-refractivity contribution in [3.8, 4) is 17.2 Å². The third kappa shape index (κ3) is 6.26. The monoisotopic (exact) mass is 672 g/mol. The highest BCUT2D eigenvalue weighted by molar-refractivity contribution is 9.10. The van der Waals surface area contributed by atoms with E-state index in [1.54, 1.807) is 38.6 Å². The first-order chi connectivity index (χ1) is 21.9. The Bertz CT molecular complexity index is 1720. The van der Waals surface area contributed by atoms with E-state index in [0.717, 1.165) is 47.7 Å². The highest BCUT2D eigenvalue weighted by Gasteiger charge is 2.36. The topological polar surface area (TPSA) is 132 Å². The molecule has 2 aliphatic rings. The Labute approximate surface area is 269 Å². The smallest absolute Gasteiger partial charge is 0.278 e. The molecule has 1 amide bonds. The number of amides is 1. The molecule has 4 heterocycles. The predicted octanol–water partition coefficient (Wildman–Crippen LogP) is 4.08. The van der Waals surface area contributed by atoms with Crippen LogP contribution < -0.4 is 29.7 Å². The van der Waals surface area contributed by atoms with Gasteiger partial charge in [-0.05, 0) is 48.0 Å². The maximum atomic E-state index is 13.8. The standard InChI is InChI=1S/C32H33BrN8O4/c1-43-25-15-20(16-26(44-2)29(25)45-3)14-21-18-36-32(38-30(21)34)37-28-23-17-22(33)7-8-24(23)41(31(28)42)19-39-10-12-40(13-11-39)27-6-4-5-9-35-27/h4-9,15-18H,10-14,19H2,1-3H3,(H2,34,36,38)/b37-28-. The Morgan fingerprint density at radius 3 is 2.36 bits per heavy atom. The molecule has 0 radical (unpaired) electrons. The number of hydrogen-bond donors (Lipinski definition) is 1. The van der Waals surface area contributed by atoms with Gasteiger partial charge in [-0.2, -0.15) is 4.98 Å². The van der Waals surface area contributed by atoms with Crippen LogP contribution in [0.2, 0.25) is 0 Å². The van der Waals surface area contributed by atoms with E-state index in [1.807, 2.05) is 48.5 Å². The van der Waals surface area contributed by atoms with E-state index < -0.39 is 0 Å². The van der Waals surface area contributed by atoms with Gasteiger partial charge in [0.15, 0.2) is 11.5 Å². The number of ether oxygens (including phenoxy) is 3. The molecule has 2 aromatic heterocycles. The fourth-order valence-corrected chi connectivity index (χ4v) is 5.91. The average molecular weight is 674 g/mol. The lowest BCUT2D eigenvalue weighted by atomic mass is 10.1. The van der Waals surface area contributed by atoms with E-state index in [2.05, 4.69) is 45.7 Å². The fraction of sp³-hybridized carbons (Fsp3) is 0.281. The second kappa shape index (κ2) is 13.1. The molecule has 0 aliphatic carbocycles. The van der Waals surface area contributed by atoms with Crippen molar-refractivity contribution in [2.45, 2.75) is 6.42 Å². The molecular formula is C32H33BrN8O4. The molecule has 1 saturated heterocycles. The highest BCUT2D eigenvalue weighted by atomic mass is 79.9. The van der Waals surface area contributed by atoms with Crippen molar-refractivity contribution in [3.63, 3.8) is 0 Å². The number of pyridine rings is 1. The van der Waals surface area contributed by atoms with Crippen molar-refractivity contribution in [1.82, 2.24) is 19.9 Å². The van der Waals surface area contributed by atoms with Gasteiger partial charge in [-0.1, -0.05) is 22.0 Å². The molecule has 0 atom stereocenters. The maximum absolute atomic E-state index is 13.8. The van der Waals surface area contributed by atoms with Gasteiger partial charge in [0, 0.05) is 60.6 Å². The highest BCUT2D eigenvalue weighted by Crippen LogP contribution is 2.39. The molecule has 0 bridgehead atoms. The number of nitrogens with two attached hydrogens (primary N) is 1. The second-order valence-corrected chi connectivity index (χ2v) is 11.5. The van der Waals surface area contributed by atoms with Crippen LogP contribution in [0.5, 0.6) is 17.2 Å². The minimum absolute atomic E-state index is 0.112. The van der Waals surface area contributed by atoms with Crippen molar-refractivity contribution in [2.75, 3.05) is 69.7 Å². The number of hydrogen-bond acceptors (Lipinski definition) is 11. The van der Waals surface area contributed by atoms with E-state index in [-0.39, 0.29) is 23.4 Å². The summed E-state index contributed by atoms with van der Waals surface area (Å²) in [6.45, 7) is 3.68. The largest absolute Gasteiger partial charge is 0.493 e. The molecule has 1 fully saturated rings. The number of aliphatic imine (C=N–C) groups is 1. The van der Waals surface area contributed by atoms with Crippen LogP contribution in [-0.4, -0.2) is 85.6 Å². The van der Waals surface area contributed by atoms with Gasteiger partial charge in [0.1, 0.15) is 17.3 Å². The van der Waals surface area contributed by atoms with Crippen molar-refractivity contribution in [3.05, 3.63) is 82.1 Å². The van der Waals surface area contributed by atoms with Crippen molar-refractivity contribution >= 4 is 50.8 Å². The molecule has 232 valence electrons. The van der Waals surface area contributed by atoms with Crippen LogP contribution in [0.3, 0.4) is 0 Å². The van der Waals surface area contributed by atoms with Gasteiger partial charge < -0.3 is 24.8 Å². The van der Waals surface area contributed by atoms with Crippen LogP contribution in [0.1, 0.15) is 16.7 Å². The number of piperazine rings is 1. The number of rotatable bonds is 9. The SMILES string of the molecule is COc1cc(Cc2cnc(/N=C3\C(=O)N(CN4CCN(c5ccccn5)CC4)c4ccc(Br)cc43)nc2N)cc(OC)c1OC. The van der Waals surface area contributed by atoms with Gasteiger partial charge in [0.2, 0.25) is 5.75 Å². The summed E-state index contributed by atoms with van der Waals surface area (Å²) in [6.07, 6.45) is 3.86. The zero-order valence-electron chi connectivity index (χ0n) is 25.2. The molecule has 4 aromatic rings. The predicted molar refractivity (Wildman–Crippen MR) is 176 cm³/mol. The zero-order valence-corrected chi connectivity index (χ0v) is 26.8. The quantitative estimate of drug-likeness (QED) is 0.277. The van der Waals surface area contributed by atoms with Gasteiger partial charge in [-0.25, -0.2) is 15.0 Å². The Morgan fingerprint density at radius 1 is 0.956 bits per heavy atom. The molecule has 0 unspecified atom stereocenters. The molecule has 2 N–H and O–H groups in total. The minimum Gasteiger partial charge on any atom is -0.493 e. The molecule has 6 rings (SSSR count). The van der Waals surface area contributed by atoms with Crippen LogP contribution in [0.25, 0.3) is 0 Å². The van der Waals surface area contributed by atoms with Crippen molar-refractivity contribution < 1.29 is 19.0 Å². The zero-order chi connectivity index (χ0) is 31.5. The fourth-order valence-electron chi connectivity index (χ4n) is 5.55. The summed E-state index contributed by atoms with van der Waals surface area (Å²) in [6, 6.07) is 15.4. The van der Waals surface area contributed by atoms with E-state index in [0.29, 0.717) is 41.5 Å². The number of aromatic nitrogens is 3. The Morgan fingerprint density at radius 2 is 1.71 bits per heavy atom.